The quantitative estimate of drug-likeness (QED) is 0.253. The Morgan fingerprint density at radius 1 is 1.31 bits per heavy atom. The van der Waals surface area contributed by atoms with Gasteiger partial charge >= 0.3 is 0 Å². The summed E-state index contributed by atoms with van der Waals surface area (Å²) in [5, 5.41) is 14.6. The highest BCUT2D eigenvalue weighted by atomic mass is 16.5. The Morgan fingerprint density at radius 2 is 2.08 bits per heavy atom. The first kappa shape index (κ1) is 26.2. The van der Waals surface area contributed by atoms with Gasteiger partial charge in [-0.2, -0.15) is 4.98 Å². The molecule has 198 valence electrons. The molecule has 36 heavy (non-hydrogen) atoms. The van der Waals surface area contributed by atoms with Crippen molar-refractivity contribution in [1.82, 2.24) is 30.4 Å². The van der Waals surface area contributed by atoms with Gasteiger partial charge in [-0.15, -0.1) is 0 Å². The molecular weight excluding hydrogens is 464 g/mol. The third-order valence-electron chi connectivity index (χ3n) is 7.50. The van der Waals surface area contributed by atoms with Gasteiger partial charge in [0.05, 0.1) is 12.5 Å². The number of hydrogen-bond acceptors (Lipinski definition) is 9. The highest BCUT2D eigenvalue weighted by molar-refractivity contribution is 5.97. The number of nitrogens with one attached hydrogen (secondary N) is 2. The van der Waals surface area contributed by atoms with Gasteiger partial charge in [-0.25, -0.2) is 15.5 Å². The third-order valence-corrected chi connectivity index (χ3v) is 7.50. The van der Waals surface area contributed by atoms with Crippen molar-refractivity contribution in [1.29, 1.82) is 0 Å². The lowest BCUT2D eigenvalue weighted by Gasteiger charge is -2.38. The smallest absolute Gasteiger partial charge is 0.250 e. The van der Waals surface area contributed by atoms with Crippen molar-refractivity contribution in [2.75, 3.05) is 50.0 Å². The summed E-state index contributed by atoms with van der Waals surface area (Å²) in [4.78, 5) is 51.1. The van der Waals surface area contributed by atoms with Crippen LogP contribution in [-0.4, -0.2) is 100 Å². The Labute approximate surface area is 211 Å². The van der Waals surface area contributed by atoms with Crippen LogP contribution in [0.3, 0.4) is 0 Å². The third kappa shape index (κ3) is 6.29. The highest BCUT2D eigenvalue weighted by Gasteiger charge is 2.39. The van der Waals surface area contributed by atoms with E-state index < -0.39 is 12.0 Å². The number of hydrazine groups is 1. The molecule has 0 bridgehead atoms. The van der Waals surface area contributed by atoms with E-state index in [0.29, 0.717) is 48.5 Å². The van der Waals surface area contributed by atoms with Crippen molar-refractivity contribution < 1.29 is 19.6 Å². The van der Waals surface area contributed by atoms with Crippen molar-refractivity contribution in [3.8, 4) is 0 Å². The van der Waals surface area contributed by atoms with Crippen molar-refractivity contribution in [2.24, 2.45) is 11.8 Å². The molecule has 2 aliphatic heterocycles. The van der Waals surface area contributed by atoms with Crippen LogP contribution < -0.4 is 15.6 Å². The van der Waals surface area contributed by atoms with Crippen LogP contribution in [0.15, 0.2) is 12.3 Å². The van der Waals surface area contributed by atoms with Gasteiger partial charge in [0.25, 0.3) is 0 Å². The van der Waals surface area contributed by atoms with E-state index in [2.05, 4.69) is 44.5 Å². The Bertz CT molecular complexity index is 927. The van der Waals surface area contributed by atoms with Crippen LogP contribution >= 0.6 is 0 Å². The molecule has 3 aliphatic rings. The molecular formula is C24H38N8O4. The Balaban J connectivity index is 1.42. The molecule has 1 saturated carbocycles. The maximum Gasteiger partial charge on any atom is 0.250 e. The summed E-state index contributed by atoms with van der Waals surface area (Å²) in [6, 6.07) is 1.18. The van der Waals surface area contributed by atoms with E-state index in [0.717, 1.165) is 45.3 Å². The van der Waals surface area contributed by atoms with Crippen LogP contribution in [0.4, 0.5) is 11.8 Å². The van der Waals surface area contributed by atoms with Crippen molar-refractivity contribution in [2.45, 2.75) is 57.5 Å². The van der Waals surface area contributed by atoms with Crippen LogP contribution in [0.1, 0.15) is 45.4 Å². The number of carbonyl (C=O) groups is 3. The first-order chi connectivity index (χ1) is 17.4. The van der Waals surface area contributed by atoms with Crippen LogP contribution in [0.25, 0.3) is 0 Å². The summed E-state index contributed by atoms with van der Waals surface area (Å²) >= 11 is 0. The molecule has 12 heteroatoms. The average Bonchev–Trinajstić information content (AvgIpc) is 3.55. The fraction of sp³-hybridized carbons (Fsp3) is 0.708. The molecule has 1 aromatic heterocycles. The minimum Gasteiger partial charge on any atom is -0.335 e. The summed E-state index contributed by atoms with van der Waals surface area (Å²) in [6.45, 7) is 5.12. The van der Waals surface area contributed by atoms with Gasteiger partial charge in [-0.1, -0.05) is 25.7 Å². The number of amides is 3. The summed E-state index contributed by atoms with van der Waals surface area (Å²) in [7, 11) is 2.09. The predicted octanol–water partition coefficient (Wildman–Crippen LogP) is 0.705. The SMILES string of the molecule is CC1CN(C)CCN1c1nccc(NC(=O)C2CCNN2C(=O)C(CC2CCCC2)CN(O)C=O)n1. The first-order valence-electron chi connectivity index (χ1n) is 12.9. The van der Waals surface area contributed by atoms with E-state index in [9.17, 15) is 19.6 Å². The molecule has 3 N–H and O–H groups in total. The molecule has 12 nitrogen and oxygen atoms in total. The molecule has 3 heterocycles. The molecule has 1 aliphatic carbocycles. The zero-order chi connectivity index (χ0) is 25.7. The number of likely N-dealkylation sites (N-methyl/N-ethyl adjacent to an activating group) is 1. The second-order valence-corrected chi connectivity index (χ2v) is 10.3. The lowest BCUT2D eigenvalue weighted by molar-refractivity contribution is -0.159. The number of hydrogen-bond donors (Lipinski definition) is 3. The lowest BCUT2D eigenvalue weighted by Crippen LogP contribution is -2.52. The van der Waals surface area contributed by atoms with E-state index in [1.165, 1.54) is 5.01 Å². The average molecular weight is 503 g/mol. The number of hydroxylamine groups is 2. The molecule has 2 saturated heterocycles. The van der Waals surface area contributed by atoms with Crippen molar-refractivity contribution in [3.63, 3.8) is 0 Å². The van der Waals surface area contributed by atoms with Crippen molar-refractivity contribution in [3.05, 3.63) is 12.3 Å². The topological polar surface area (TPSA) is 134 Å². The van der Waals surface area contributed by atoms with E-state index in [4.69, 9.17) is 0 Å². The normalized spacial score (nSPS) is 24.1. The predicted molar refractivity (Wildman–Crippen MR) is 133 cm³/mol. The fourth-order valence-electron chi connectivity index (χ4n) is 5.61. The van der Waals surface area contributed by atoms with Crippen molar-refractivity contribution >= 4 is 30.0 Å². The zero-order valence-electron chi connectivity index (χ0n) is 21.2. The van der Waals surface area contributed by atoms with Gasteiger partial charge in [-0.05, 0) is 38.8 Å². The standard InChI is InChI=1S/C24H38N8O4/c1-17-14-29(2)11-12-31(17)24-25-9-8-21(28-24)27-22(34)20-7-10-26-32(20)23(35)19(15-30(36)16-33)13-18-5-3-4-6-18/h8-9,16-20,26,36H,3-7,10-15H2,1-2H3,(H,25,27,28,34). The molecule has 1 aromatic rings. The maximum absolute atomic E-state index is 13.5. The lowest BCUT2D eigenvalue weighted by atomic mass is 9.92. The number of carbonyl (C=O) groups excluding carboxylic acids is 3. The Morgan fingerprint density at radius 3 is 2.81 bits per heavy atom. The molecule has 3 unspecified atom stereocenters. The molecule has 0 spiro atoms. The number of aromatic nitrogens is 2. The van der Waals surface area contributed by atoms with E-state index >= 15 is 0 Å². The second-order valence-electron chi connectivity index (χ2n) is 10.3. The number of rotatable bonds is 9. The van der Waals surface area contributed by atoms with Crippen LogP contribution in [0, 0.1) is 11.8 Å². The molecule has 3 fully saturated rings. The molecule has 3 atom stereocenters. The van der Waals surface area contributed by atoms with E-state index in [1.807, 2.05) is 0 Å². The van der Waals surface area contributed by atoms with Gasteiger partial charge in [0.1, 0.15) is 11.9 Å². The minimum absolute atomic E-state index is 0.0934. The number of nitrogens with zero attached hydrogens (tertiary/aromatic N) is 6. The largest absolute Gasteiger partial charge is 0.335 e. The van der Waals surface area contributed by atoms with Gasteiger partial charge in [0.15, 0.2) is 0 Å². The monoisotopic (exact) mass is 502 g/mol. The van der Waals surface area contributed by atoms with Gasteiger partial charge in [0.2, 0.25) is 24.2 Å². The summed E-state index contributed by atoms with van der Waals surface area (Å²) in [6.07, 6.45) is 7.31. The first-order valence-corrected chi connectivity index (χ1v) is 12.9. The Hall–Kier alpha value is -2.83. The van der Waals surface area contributed by atoms with Gasteiger partial charge in [0, 0.05) is 38.4 Å². The maximum atomic E-state index is 13.5. The number of piperazine rings is 1. The fourth-order valence-corrected chi connectivity index (χ4v) is 5.61. The molecule has 0 aromatic carbocycles. The van der Waals surface area contributed by atoms with Gasteiger partial charge in [-0.3, -0.25) is 24.6 Å². The van der Waals surface area contributed by atoms with Crippen LogP contribution in [-0.2, 0) is 14.4 Å². The summed E-state index contributed by atoms with van der Waals surface area (Å²) in [5.41, 5.74) is 3.03. The van der Waals surface area contributed by atoms with E-state index in [1.54, 1.807) is 12.3 Å². The minimum atomic E-state index is -0.715. The summed E-state index contributed by atoms with van der Waals surface area (Å²) in [5.74, 6) is 0.133. The molecule has 4 rings (SSSR count). The zero-order valence-corrected chi connectivity index (χ0v) is 21.2. The van der Waals surface area contributed by atoms with Crippen LogP contribution in [0.2, 0.25) is 0 Å². The highest BCUT2D eigenvalue weighted by Crippen LogP contribution is 2.32. The summed E-state index contributed by atoms with van der Waals surface area (Å²) < 4.78 is 0. The second kappa shape index (κ2) is 11.9. The van der Waals surface area contributed by atoms with E-state index in [-0.39, 0.29) is 24.4 Å². The molecule has 0 radical (unpaired) electrons. The number of anilines is 2. The van der Waals surface area contributed by atoms with Gasteiger partial charge < -0.3 is 15.1 Å². The molecule has 3 amide bonds. The van der Waals surface area contributed by atoms with Crippen LogP contribution in [0.5, 0.6) is 0 Å². The Kier molecular flexibility index (Phi) is 8.70.